The van der Waals surface area contributed by atoms with Gasteiger partial charge in [-0.3, -0.25) is 0 Å². The molecule has 3 unspecified atom stereocenters. The molecule has 0 aliphatic carbocycles. The van der Waals surface area contributed by atoms with Gasteiger partial charge in [0.1, 0.15) is 45.1 Å². The van der Waals surface area contributed by atoms with Gasteiger partial charge in [-0.25, -0.2) is 0 Å². The zero-order valence-corrected chi connectivity index (χ0v) is 17.2. The third-order valence-electron chi connectivity index (χ3n) is 3.46. The number of ether oxygens (including phenoxy) is 2. The molecule has 3 aliphatic rings. The minimum Gasteiger partial charge on any atom is -0.497 e. The lowest BCUT2D eigenvalue weighted by atomic mass is 10.3. The molecule has 3 atom stereocenters. The van der Waals surface area contributed by atoms with Gasteiger partial charge in [-0.05, 0) is 56.2 Å². The summed E-state index contributed by atoms with van der Waals surface area (Å²) in [5.74, 6) is 1.89. The molecule has 5 rings (SSSR count). The Morgan fingerprint density at radius 2 is 1.45 bits per heavy atom. The normalized spacial score (nSPS) is 33.0. The fraction of sp³-hybridized carbons (Fsp3) is 0.143. The molecule has 0 N–H and O–H groups in total. The molecule has 0 amide bonds. The maximum atomic E-state index is 5.28. The number of methoxy groups -OCH3 is 2. The highest BCUT2D eigenvalue weighted by Crippen LogP contribution is 3.29. The Hall–Kier alpha value is 0.300. The molecule has 8 heteroatoms. The molecule has 3 aliphatic heterocycles. The van der Waals surface area contributed by atoms with E-state index >= 15 is 0 Å². The van der Waals surface area contributed by atoms with Crippen molar-refractivity contribution in [2.75, 3.05) is 14.2 Å². The molecular weight excluding hydrogens is 390 g/mol. The molecule has 0 saturated carbocycles. The largest absolute Gasteiger partial charge is 0.497 e. The van der Waals surface area contributed by atoms with Crippen molar-refractivity contribution < 1.29 is 9.47 Å². The van der Waals surface area contributed by atoms with Crippen molar-refractivity contribution in [1.29, 1.82) is 0 Å². The highest BCUT2D eigenvalue weighted by Gasteiger charge is 2.73. The maximum Gasteiger partial charge on any atom is 0.214 e. The van der Waals surface area contributed by atoms with Crippen LogP contribution in [0.25, 0.3) is 0 Å². The van der Waals surface area contributed by atoms with E-state index < -0.39 is 13.1 Å². The second kappa shape index (κ2) is 5.98. The van der Waals surface area contributed by atoms with Gasteiger partial charge in [-0.2, -0.15) is 0 Å². The minimum atomic E-state index is -1.03. The van der Waals surface area contributed by atoms with Gasteiger partial charge in [0.2, 0.25) is 5.35 Å². The molecule has 3 saturated heterocycles. The van der Waals surface area contributed by atoms with Crippen LogP contribution in [0.15, 0.2) is 53.4 Å². The highest BCUT2D eigenvalue weighted by molar-refractivity contribution is 9.84. The Bertz CT molecular complexity index is 627. The third-order valence-corrected chi connectivity index (χ3v) is 51.0. The highest BCUT2D eigenvalue weighted by atomic mass is 34.2. The predicted octanol–water partition coefficient (Wildman–Crippen LogP) is 6.52. The second-order valence-corrected chi connectivity index (χ2v) is 31.0. The quantitative estimate of drug-likeness (QED) is 0.424. The molecule has 0 spiro atoms. The first kappa shape index (κ1) is 15.8. The summed E-state index contributed by atoms with van der Waals surface area (Å²) >= 11 is 0. The molecule has 2 aromatic carbocycles. The van der Waals surface area contributed by atoms with Gasteiger partial charge in [-0.1, -0.05) is 0 Å². The molecule has 116 valence electrons. The first-order chi connectivity index (χ1) is 10.7. The standard InChI is InChI=1S/C14H15O2P2S4/c1-15-11-3-7-13(8-4-11)18-17-22(20-18,21-19-18)14-9-5-12(16-2)6-10-14/h3-10,17H,1-2H3/q+1. The van der Waals surface area contributed by atoms with E-state index in [2.05, 4.69) is 79.2 Å². The van der Waals surface area contributed by atoms with Crippen LogP contribution in [0, 0.1) is 0 Å². The Kier molecular flexibility index (Phi) is 4.30. The molecule has 0 aromatic heterocycles. The van der Waals surface area contributed by atoms with Gasteiger partial charge in [-0.15, -0.1) is 0 Å². The number of benzene rings is 2. The summed E-state index contributed by atoms with van der Waals surface area (Å²) in [5, 5.41) is 0.496. The van der Waals surface area contributed by atoms with Crippen molar-refractivity contribution in [2.24, 2.45) is 0 Å². The predicted molar refractivity (Wildman–Crippen MR) is 109 cm³/mol. The van der Waals surface area contributed by atoms with E-state index in [1.165, 1.54) is 10.2 Å². The summed E-state index contributed by atoms with van der Waals surface area (Å²) in [6.07, 6.45) is 0. The smallest absolute Gasteiger partial charge is 0.214 e. The third kappa shape index (κ3) is 2.47. The Morgan fingerprint density at radius 1 is 0.909 bits per heavy atom. The minimum absolute atomic E-state index is 0.700. The van der Waals surface area contributed by atoms with Gasteiger partial charge in [0, 0.05) is 14.7 Å². The molecule has 2 nitrogen and oxygen atoms in total. The van der Waals surface area contributed by atoms with Crippen molar-refractivity contribution in [3.8, 4) is 11.5 Å². The van der Waals surface area contributed by atoms with Gasteiger partial charge < -0.3 is 9.47 Å². The monoisotopic (exact) mass is 405 g/mol. The molecule has 2 bridgehead atoms. The number of fused-ring (bicyclic) bond motifs is 1. The van der Waals surface area contributed by atoms with Crippen molar-refractivity contribution >= 4 is 56.5 Å². The van der Waals surface area contributed by atoms with Crippen LogP contribution in [0.1, 0.15) is 0 Å². The lowest BCUT2D eigenvalue weighted by molar-refractivity contribution is 0.414. The van der Waals surface area contributed by atoms with Gasteiger partial charge >= 0.3 is 0 Å². The molecular formula is C14H15O2P2S4+. The first-order valence-corrected chi connectivity index (χ1v) is 17.8. The fourth-order valence-corrected chi connectivity index (χ4v) is 78.7. The van der Waals surface area contributed by atoms with Crippen LogP contribution >= 0.6 is 51.2 Å². The van der Waals surface area contributed by atoms with Crippen molar-refractivity contribution in [1.82, 2.24) is 0 Å². The van der Waals surface area contributed by atoms with Crippen molar-refractivity contribution in [3.05, 3.63) is 48.5 Å². The second-order valence-electron chi connectivity index (χ2n) is 4.74. The Balaban J connectivity index is 1.57. The molecule has 22 heavy (non-hydrogen) atoms. The zero-order chi connectivity index (χ0) is 15.2. The summed E-state index contributed by atoms with van der Waals surface area (Å²) in [6.45, 7) is 0. The van der Waals surface area contributed by atoms with Crippen molar-refractivity contribution in [2.45, 2.75) is 4.90 Å². The van der Waals surface area contributed by atoms with Crippen LogP contribution in [-0.4, -0.2) is 14.2 Å². The molecule has 3 fully saturated rings. The van der Waals surface area contributed by atoms with Gasteiger partial charge in [0.15, 0.2) is 0 Å². The topological polar surface area (TPSA) is 18.5 Å². The van der Waals surface area contributed by atoms with Crippen LogP contribution in [0.5, 0.6) is 11.5 Å². The van der Waals surface area contributed by atoms with E-state index in [9.17, 15) is 0 Å². The zero-order valence-electron chi connectivity index (χ0n) is 12.0. The number of hydrogen-bond donors (Lipinski definition) is 0. The molecule has 3 heterocycles. The van der Waals surface area contributed by atoms with Gasteiger partial charge in [0.25, 0.3) is 0 Å². The number of hydrogen-bond acceptors (Lipinski definition) is 5. The van der Waals surface area contributed by atoms with E-state index in [1.54, 1.807) is 14.2 Å². The van der Waals surface area contributed by atoms with Crippen molar-refractivity contribution in [3.63, 3.8) is 0 Å². The maximum absolute atomic E-state index is 5.28. The van der Waals surface area contributed by atoms with E-state index in [4.69, 9.17) is 9.47 Å². The van der Waals surface area contributed by atoms with Crippen LogP contribution in [0.4, 0.5) is 0 Å². The van der Waals surface area contributed by atoms with E-state index in [0.29, 0.717) is 0 Å². The Morgan fingerprint density at radius 3 is 2.00 bits per heavy atom. The average molecular weight is 405 g/mol. The van der Waals surface area contributed by atoms with Crippen LogP contribution in [0.2, 0.25) is 0 Å². The average Bonchev–Trinajstić information content (AvgIpc) is 3.13. The summed E-state index contributed by atoms with van der Waals surface area (Å²) in [4.78, 5) is 1.51. The van der Waals surface area contributed by atoms with Crippen LogP contribution in [0.3, 0.4) is 0 Å². The molecule has 2 aromatic rings. The molecule has 0 radical (unpaired) electrons. The van der Waals surface area contributed by atoms with E-state index in [1.807, 2.05) is 0 Å². The number of rotatable bonds is 4. The SMILES string of the molecule is COc1ccc([P+]23PS(c4ccc(OC)cc4)(SS2)S3)cc1. The fourth-order valence-electron chi connectivity index (χ4n) is 2.26. The summed E-state index contributed by atoms with van der Waals surface area (Å²) in [6, 6.07) is 17.4. The summed E-state index contributed by atoms with van der Waals surface area (Å²) in [7, 11) is 10.4. The van der Waals surface area contributed by atoms with Crippen LogP contribution in [-0.2, 0) is 0 Å². The van der Waals surface area contributed by atoms with Gasteiger partial charge in [0.05, 0.1) is 14.2 Å². The lowest BCUT2D eigenvalue weighted by Gasteiger charge is -2.37. The summed E-state index contributed by atoms with van der Waals surface area (Å²) < 4.78 is 10.6. The first-order valence-electron chi connectivity index (χ1n) is 6.59. The summed E-state index contributed by atoms with van der Waals surface area (Å²) in [5.41, 5.74) is 0. The Labute approximate surface area is 144 Å². The van der Waals surface area contributed by atoms with E-state index in [-0.39, 0.29) is 0 Å². The van der Waals surface area contributed by atoms with E-state index in [0.717, 1.165) is 19.0 Å². The van der Waals surface area contributed by atoms with Crippen LogP contribution < -0.4 is 14.8 Å². The lowest BCUT2D eigenvalue weighted by Crippen LogP contribution is -2.04.